The van der Waals surface area contributed by atoms with E-state index in [2.05, 4.69) is 26.5 Å². The molecule has 1 amide bonds. The van der Waals surface area contributed by atoms with E-state index in [0.29, 0.717) is 5.75 Å². The van der Waals surface area contributed by atoms with Crippen molar-refractivity contribution >= 4 is 28.1 Å². The van der Waals surface area contributed by atoms with Gasteiger partial charge in [-0.25, -0.2) is 5.43 Å². The summed E-state index contributed by atoms with van der Waals surface area (Å²) in [6.45, 7) is 0. The van der Waals surface area contributed by atoms with Crippen molar-refractivity contribution in [2.45, 2.75) is 6.42 Å². The van der Waals surface area contributed by atoms with Crippen LogP contribution in [0.5, 0.6) is 5.75 Å². The van der Waals surface area contributed by atoms with Gasteiger partial charge in [0.25, 0.3) is 5.91 Å². The van der Waals surface area contributed by atoms with Crippen molar-refractivity contribution in [3.05, 3.63) is 28.2 Å². The number of nitrogens with zero attached hydrogens (tertiary/aromatic N) is 2. The van der Waals surface area contributed by atoms with Gasteiger partial charge in [-0.1, -0.05) is 15.9 Å². The number of rotatable bonds is 4. The summed E-state index contributed by atoms with van der Waals surface area (Å²) in [5.41, 5.74) is 2.96. The lowest BCUT2D eigenvalue weighted by molar-refractivity contribution is -0.120. The summed E-state index contributed by atoms with van der Waals surface area (Å²) in [6.07, 6.45) is 1.24. The van der Waals surface area contributed by atoms with Crippen LogP contribution in [-0.4, -0.2) is 19.2 Å². The number of carbonyl (C=O) groups excluding carboxylic acids is 1. The molecule has 0 spiro atoms. The van der Waals surface area contributed by atoms with E-state index in [4.69, 9.17) is 10.00 Å². The van der Waals surface area contributed by atoms with Crippen LogP contribution in [0.4, 0.5) is 0 Å². The number of amides is 1. The molecule has 1 aromatic rings. The van der Waals surface area contributed by atoms with E-state index in [0.717, 1.165) is 10.0 Å². The zero-order valence-electron chi connectivity index (χ0n) is 9.11. The monoisotopic (exact) mass is 295 g/mol. The van der Waals surface area contributed by atoms with E-state index < -0.39 is 5.91 Å². The van der Waals surface area contributed by atoms with Crippen molar-refractivity contribution in [1.29, 1.82) is 5.26 Å². The number of hydrogen-bond acceptors (Lipinski definition) is 4. The average molecular weight is 296 g/mol. The first kappa shape index (κ1) is 13.2. The Labute approximate surface area is 107 Å². The molecule has 6 heteroatoms. The minimum absolute atomic E-state index is 0.215. The fraction of sp³-hybridized carbons (Fsp3) is 0.182. The van der Waals surface area contributed by atoms with Crippen molar-refractivity contribution < 1.29 is 9.53 Å². The van der Waals surface area contributed by atoms with Gasteiger partial charge in [0.2, 0.25) is 0 Å². The van der Waals surface area contributed by atoms with Crippen LogP contribution in [0, 0.1) is 11.3 Å². The van der Waals surface area contributed by atoms with Gasteiger partial charge in [0.15, 0.2) is 0 Å². The molecule has 0 fully saturated rings. The quantitative estimate of drug-likeness (QED) is 0.680. The van der Waals surface area contributed by atoms with Gasteiger partial charge >= 0.3 is 0 Å². The van der Waals surface area contributed by atoms with Crippen LogP contribution in [0.25, 0.3) is 0 Å². The molecule has 0 aliphatic heterocycles. The number of hydrazone groups is 1. The third kappa shape index (κ3) is 4.25. The Morgan fingerprint density at radius 2 is 2.47 bits per heavy atom. The Morgan fingerprint density at radius 3 is 3.12 bits per heavy atom. The van der Waals surface area contributed by atoms with Crippen LogP contribution < -0.4 is 10.2 Å². The molecule has 1 aromatic carbocycles. The van der Waals surface area contributed by atoms with Crippen molar-refractivity contribution in [2.24, 2.45) is 5.10 Å². The summed E-state index contributed by atoms with van der Waals surface area (Å²) < 4.78 is 6.01. The number of halogens is 1. The maximum absolute atomic E-state index is 11.0. The maximum Gasteiger partial charge on any atom is 0.254 e. The molecule has 1 N–H and O–H groups in total. The number of benzene rings is 1. The molecule has 0 radical (unpaired) electrons. The van der Waals surface area contributed by atoms with Crippen LogP contribution in [0.15, 0.2) is 27.8 Å². The molecule has 0 bridgehead atoms. The van der Waals surface area contributed by atoms with Crippen LogP contribution in [-0.2, 0) is 4.79 Å². The highest BCUT2D eigenvalue weighted by molar-refractivity contribution is 9.10. The molecule has 88 valence electrons. The average Bonchev–Trinajstić information content (AvgIpc) is 2.30. The second-order valence-corrected chi connectivity index (χ2v) is 3.93. The summed E-state index contributed by atoms with van der Waals surface area (Å²) in [4.78, 5) is 11.0. The fourth-order valence-electron chi connectivity index (χ4n) is 1.09. The van der Waals surface area contributed by atoms with Crippen molar-refractivity contribution in [3.8, 4) is 11.8 Å². The third-order valence-corrected chi connectivity index (χ3v) is 2.32. The Balaban J connectivity index is 2.74. The van der Waals surface area contributed by atoms with Gasteiger partial charge in [-0.2, -0.15) is 10.4 Å². The van der Waals surface area contributed by atoms with Crippen molar-refractivity contribution in [1.82, 2.24) is 5.43 Å². The molecule has 0 atom stereocenters. The van der Waals surface area contributed by atoms with Crippen LogP contribution >= 0.6 is 15.9 Å². The van der Waals surface area contributed by atoms with Crippen LogP contribution in [0.2, 0.25) is 0 Å². The first-order valence-electron chi connectivity index (χ1n) is 4.69. The lowest BCUT2D eigenvalue weighted by Crippen LogP contribution is -2.16. The summed E-state index contributed by atoms with van der Waals surface area (Å²) >= 11 is 3.32. The zero-order chi connectivity index (χ0) is 12.7. The van der Waals surface area contributed by atoms with Gasteiger partial charge in [-0.15, -0.1) is 0 Å². The van der Waals surface area contributed by atoms with Crippen LogP contribution in [0.1, 0.15) is 12.0 Å². The second-order valence-electron chi connectivity index (χ2n) is 3.01. The van der Waals surface area contributed by atoms with E-state index in [1.807, 2.05) is 6.07 Å². The van der Waals surface area contributed by atoms with E-state index in [1.54, 1.807) is 25.3 Å². The first-order chi connectivity index (χ1) is 8.17. The standard InChI is InChI=1S/C11H10BrN3O2/c1-17-10-3-2-9(12)6-8(10)7-14-15-11(16)4-5-13/h2-3,6-7H,4H2,1H3,(H,15,16)/b14-7+. The Bertz CT molecular complexity index is 480. The lowest BCUT2D eigenvalue weighted by atomic mass is 10.2. The Kier molecular flexibility index (Phi) is 5.17. The molecular formula is C11H10BrN3O2. The molecule has 5 nitrogen and oxygen atoms in total. The van der Waals surface area contributed by atoms with Gasteiger partial charge in [0, 0.05) is 10.0 Å². The van der Waals surface area contributed by atoms with Crippen molar-refractivity contribution in [3.63, 3.8) is 0 Å². The lowest BCUT2D eigenvalue weighted by Gasteiger charge is -2.04. The largest absolute Gasteiger partial charge is 0.496 e. The minimum Gasteiger partial charge on any atom is -0.496 e. The van der Waals surface area contributed by atoms with Crippen molar-refractivity contribution in [2.75, 3.05) is 7.11 Å². The molecule has 0 aliphatic carbocycles. The maximum atomic E-state index is 11.0. The predicted octanol–water partition coefficient (Wildman–Crippen LogP) is 1.82. The third-order valence-electron chi connectivity index (χ3n) is 1.82. The Hall–Kier alpha value is -1.87. The molecular weight excluding hydrogens is 286 g/mol. The highest BCUT2D eigenvalue weighted by Gasteiger charge is 2.01. The smallest absolute Gasteiger partial charge is 0.254 e. The summed E-state index contributed by atoms with van der Waals surface area (Å²) in [7, 11) is 1.55. The minimum atomic E-state index is -0.447. The molecule has 0 heterocycles. The number of hydrogen-bond donors (Lipinski definition) is 1. The summed E-state index contributed by atoms with van der Waals surface area (Å²) in [5.74, 6) is 0.198. The van der Waals surface area contributed by atoms with Gasteiger partial charge in [-0.05, 0) is 18.2 Å². The van der Waals surface area contributed by atoms with Crippen LogP contribution in [0.3, 0.4) is 0 Å². The topological polar surface area (TPSA) is 74.5 Å². The number of methoxy groups -OCH3 is 1. The van der Waals surface area contributed by atoms with E-state index in [9.17, 15) is 4.79 Å². The number of nitrogens with one attached hydrogen (secondary N) is 1. The highest BCUT2D eigenvalue weighted by Crippen LogP contribution is 2.21. The molecule has 0 aliphatic rings. The molecule has 0 aromatic heterocycles. The molecule has 0 saturated heterocycles. The van der Waals surface area contributed by atoms with Gasteiger partial charge in [0.05, 0.1) is 19.4 Å². The second kappa shape index (κ2) is 6.66. The summed E-state index contributed by atoms with van der Waals surface area (Å²) in [6, 6.07) is 7.15. The van der Waals surface area contributed by atoms with Gasteiger partial charge in [-0.3, -0.25) is 4.79 Å². The molecule has 0 unspecified atom stereocenters. The first-order valence-corrected chi connectivity index (χ1v) is 5.49. The normalized spacial score (nSPS) is 9.94. The van der Waals surface area contributed by atoms with Gasteiger partial charge in [0.1, 0.15) is 12.2 Å². The highest BCUT2D eigenvalue weighted by atomic mass is 79.9. The number of ether oxygens (including phenoxy) is 1. The van der Waals surface area contributed by atoms with E-state index in [-0.39, 0.29) is 6.42 Å². The number of carbonyl (C=O) groups is 1. The fourth-order valence-corrected chi connectivity index (χ4v) is 1.47. The predicted molar refractivity (Wildman–Crippen MR) is 66.7 cm³/mol. The SMILES string of the molecule is COc1ccc(Br)cc1/C=N/NC(=O)CC#N. The Morgan fingerprint density at radius 1 is 1.71 bits per heavy atom. The number of nitriles is 1. The molecule has 0 saturated carbocycles. The van der Waals surface area contributed by atoms with E-state index >= 15 is 0 Å². The molecule has 1 rings (SSSR count). The van der Waals surface area contributed by atoms with E-state index in [1.165, 1.54) is 6.21 Å². The van der Waals surface area contributed by atoms with Gasteiger partial charge < -0.3 is 4.74 Å². The molecule has 17 heavy (non-hydrogen) atoms. The summed E-state index contributed by atoms with van der Waals surface area (Å²) in [5, 5.41) is 12.0. The zero-order valence-corrected chi connectivity index (χ0v) is 10.7.